The molecule has 0 aromatic heterocycles. The molecule has 1 aliphatic heterocycles. The van der Waals surface area contributed by atoms with Crippen LogP contribution in [-0.2, 0) is 4.74 Å². The van der Waals surface area contributed by atoms with E-state index >= 15 is 0 Å². The first-order chi connectivity index (χ1) is 7.91. The molecular weight excluding hydrogens is 224 g/mol. The van der Waals surface area contributed by atoms with Gasteiger partial charge in [-0.3, -0.25) is 0 Å². The minimum Gasteiger partial charge on any atom is -0.380 e. The Hall–Kier alpha value is -0.263. The zero-order valence-corrected chi connectivity index (χ0v) is 13.3. The van der Waals surface area contributed by atoms with Crippen LogP contribution in [0.4, 0.5) is 0 Å². The Labute approximate surface area is 108 Å². The maximum absolute atomic E-state index is 5.42. The van der Waals surface area contributed by atoms with Crippen LogP contribution in [0.5, 0.6) is 0 Å². The van der Waals surface area contributed by atoms with Crippen molar-refractivity contribution >= 4 is 8.07 Å². The van der Waals surface area contributed by atoms with Crippen LogP contribution in [-0.4, -0.2) is 21.3 Å². The number of rotatable bonds is 3. The molecule has 1 fully saturated rings. The molecule has 1 rings (SSSR count). The zero-order valence-electron chi connectivity index (χ0n) is 12.3. The van der Waals surface area contributed by atoms with Crippen LogP contribution in [0.1, 0.15) is 48.0 Å². The van der Waals surface area contributed by atoms with E-state index in [0.29, 0.717) is 5.92 Å². The highest BCUT2D eigenvalue weighted by atomic mass is 28.3. The molecule has 1 heterocycles. The minimum absolute atomic E-state index is 0.498. The SMILES string of the molecule is CC(C)[Si](C#CC1CCOC1)(C(C)C)C(C)C. The zero-order chi connectivity index (χ0) is 13.1. The highest BCUT2D eigenvalue weighted by Crippen LogP contribution is 2.40. The molecule has 1 unspecified atom stereocenters. The van der Waals surface area contributed by atoms with Gasteiger partial charge in [-0.15, -0.1) is 11.5 Å². The predicted molar refractivity (Wildman–Crippen MR) is 77.8 cm³/mol. The fourth-order valence-corrected chi connectivity index (χ4v) is 8.63. The van der Waals surface area contributed by atoms with E-state index in [1.54, 1.807) is 0 Å². The third-order valence-corrected chi connectivity index (χ3v) is 10.6. The van der Waals surface area contributed by atoms with Crippen LogP contribution in [0.15, 0.2) is 0 Å². The summed E-state index contributed by atoms with van der Waals surface area (Å²) in [6, 6.07) is 0. The van der Waals surface area contributed by atoms with Crippen LogP contribution >= 0.6 is 0 Å². The molecule has 0 spiro atoms. The van der Waals surface area contributed by atoms with E-state index in [4.69, 9.17) is 4.74 Å². The quantitative estimate of drug-likeness (QED) is 0.539. The molecule has 98 valence electrons. The van der Waals surface area contributed by atoms with Crippen molar-refractivity contribution in [3.63, 3.8) is 0 Å². The lowest BCUT2D eigenvalue weighted by Crippen LogP contribution is -2.43. The lowest BCUT2D eigenvalue weighted by Gasteiger charge is -2.38. The maximum Gasteiger partial charge on any atom is 0.145 e. The van der Waals surface area contributed by atoms with E-state index in [9.17, 15) is 0 Å². The smallest absolute Gasteiger partial charge is 0.145 e. The van der Waals surface area contributed by atoms with Gasteiger partial charge in [-0.2, -0.15) is 0 Å². The second-order valence-electron chi connectivity index (χ2n) is 6.23. The van der Waals surface area contributed by atoms with Gasteiger partial charge < -0.3 is 4.74 Å². The van der Waals surface area contributed by atoms with Gasteiger partial charge >= 0.3 is 0 Å². The van der Waals surface area contributed by atoms with E-state index in [-0.39, 0.29) is 0 Å². The highest BCUT2D eigenvalue weighted by Gasteiger charge is 2.41. The summed E-state index contributed by atoms with van der Waals surface area (Å²) in [5.74, 6) is 4.05. The Morgan fingerprint density at radius 2 is 1.53 bits per heavy atom. The van der Waals surface area contributed by atoms with Gasteiger partial charge in [-0.05, 0) is 23.0 Å². The Balaban J connectivity index is 2.96. The summed E-state index contributed by atoms with van der Waals surface area (Å²) >= 11 is 0. The van der Waals surface area contributed by atoms with E-state index in [1.165, 1.54) is 0 Å². The Morgan fingerprint density at radius 1 is 1.00 bits per heavy atom. The number of hydrogen-bond donors (Lipinski definition) is 0. The van der Waals surface area contributed by atoms with Gasteiger partial charge in [0.1, 0.15) is 8.07 Å². The number of hydrogen-bond acceptors (Lipinski definition) is 1. The molecule has 1 saturated heterocycles. The summed E-state index contributed by atoms with van der Waals surface area (Å²) in [6.07, 6.45) is 1.13. The van der Waals surface area contributed by atoms with Crippen molar-refractivity contribution in [3.05, 3.63) is 0 Å². The normalized spacial score (nSPS) is 21.1. The second-order valence-corrected chi connectivity index (χ2v) is 11.8. The molecule has 0 radical (unpaired) electrons. The summed E-state index contributed by atoms with van der Waals surface area (Å²) in [7, 11) is -1.51. The molecule has 1 nitrogen and oxygen atoms in total. The van der Waals surface area contributed by atoms with E-state index in [1.807, 2.05) is 0 Å². The molecule has 0 amide bonds. The summed E-state index contributed by atoms with van der Waals surface area (Å²) in [4.78, 5) is 0. The molecule has 1 aliphatic rings. The fourth-order valence-electron chi connectivity index (χ4n) is 3.31. The average molecular weight is 252 g/mol. The Morgan fingerprint density at radius 3 is 1.88 bits per heavy atom. The van der Waals surface area contributed by atoms with Crippen LogP contribution in [0, 0.1) is 17.4 Å². The summed E-state index contributed by atoms with van der Waals surface area (Å²) in [5, 5.41) is 0. The van der Waals surface area contributed by atoms with Crippen LogP contribution in [0.3, 0.4) is 0 Å². The fraction of sp³-hybridized carbons (Fsp3) is 0.867. The molecule has 0 saturated carbocycles. The highest BCUT2D eigenvalue weighted by molar-refractivity contribution is 6.90. The minimum atomic E-state index is -1.51. The van der Waals surface area contributed by atoms with Crippen molar-refractivity contribution in [3.8, 4) is 11.5 Å². The van der Waals surface area contributed by atoms with E-state index < -0.39 is 8.07 Å². The first-order valence-corrected chi connectivity index (χ1v) is 9.24. The largest absolute Gasteiger partial charge is 0.380 e. The molecule has 0 aliphatic carbocycles. The topological polar surface area (TPSA) is 9.23 Å². The van der Waals surface area contributed by atoms with Gasteiger partial charge in [-0.25, -0.2) is 0 Å². The third-order valence-electron chi connectivity index (χ3n) is 4.29. The lowest BCUT2D eigenvalue weighted by atomic mass is 10.1. The standard InChI is InChI=1S/C15H28OSi/c1-12(2)17(13(3)4,14(5)6)10-8-15-7-9-16-11-15/h12-15H,7,9,11H2,1-6H3. The van der Waals surface area contributed by atoms with Crippen LogP contribution < -0.4 is 0 Å². The Bertz CT molecular complexity index is 268. The molecule has 0 bridgehead atoms. The van der Waals surface area contributed by atoms with Crippen molar-refractivity contribution in [2.24, 2.45) is 5.92 Å². The molecule has 0 aromatic carbocycles. The summed E-state index contributed by atoms with van der Waals surface area (Å²) in [6.45, 7) is 16.0. The second kappa shape index (κ2) is 6.07. The van der Waals surface area contributed by atoms with Crippen LogP contribution in [0.2, 0.25) is 16.6 Å². The summed E-state index contributed by atoms with van der Waals surface area (Å²) < 4.78 is 5.42. The molecule has 2 heteroatoms. The molecule has 0 N–H and O–H groups in total. The van der Waals surface area contributed by atoms with Gasteiger partial charge in [0.2, 0.25) is 0 Å². The lowest BCUT2D eigenvalue weighted by molar-refractivity contribution is 0.192. The van der Waals surface area contributed by atoms with Gasteiger partial charge in [0, 0.05) is 12.5 Å². The first-order valence-electron chi connectivity index (χ1n) is 7.01. The molecular formula is C15H28OSi. The Kier molecular flexibility index (Phi) is 5.28. The number of ether oxygens (including phenoxy) is 1. The average Bonchev–Trinajstić information content (AvgIpc) is 2.69. The summed E-state index contributed by atoms with van der Waals surface area (Å²) in [5.41, 5.74) is 5.98. The monoisotopic (exact) mass is 252 g/mol. The first kappa shape index (κ1) is 14.8. The third kappa shape index (κ3) is 3.14. The van der Waals surface area contributed by atoms with Crippen molar-refractivity contribution in [2.75, 3.05) is 13.2 Å². The van der Waals surface area contributed by atoms with Gasteiger partial charge in [0.15, 0.2) is 0 Å². The van der Waals surface area contributed by atoms with Gasteiger partial charge in [-0.1, -0.05) is 41.5 Å². The maximum atomic E-state index is 5.42. The molecule has 0 aromatic rings. The molecule has 1 atom stereocenters. The predicted octanol–water partition coefficient (Wildman–Crippen LogP) is 4.24. The van der Waals surface area contributed by atoms with Crippen molar-refractivity contribution in [1.82, 2.24) is 0 Å². The van der Waals surface area contributed by atoms with Crippen molar-refractivity contribution in [2.45, 2.75) is 64.6 Å². The van der Waals surface area contributed by atoms with Crippen LogP contribution in [0.25, 0.3) is 0 Å². The van der Waals surface area contributed by atoms with Gasteiger partial charge in [0.05, 0.1) is 6.61 Å². The molecule has 17 heavy (non-hydrogen) atoms. The van der Waals surface area contributed by atoms with E-state index in [0.717, 1.165) is 36.3 Å². The van der Waals surface area contributed by atoms with Crippen molar-refractivity contribution in [1.29, 1.82) is 0 Å². The van der Waals surface area contributed by atoms with E-state index in [2.05, 4.69) is 53.0 Å². The van der Waals surface area contributed by atoms with Gasteiger partial charge in [0.25, 0.3) is 0 Å². The van der Waals surface area contributed by atoms with Crippen molar-refractivity contribution < 1.29 is 4.74 Å².